The highest BCUT2D eigenvalue weighted by molar-refractivity contribution is 6.04. The summed E-state index contributed by atoms with van der Waals surface area (Å²) in [6, 6.07) is 15.0. The first kappa shape index (κ1) is 61.4. The van der Waals surface area contributed by atoms with Crippen LogP contribution in [0.1, 0.15) is 129 Å². The highest BCUT2D eigenvalue weighted by Crippen LogP contribution is 2.70. The van der Waals surface area contributed by atoms with Gasteiger partial charge in [-0.2, -0.15) is 10.2 Å². The van der Waals surface area contributed by atoms with Gasteiger partial charge in [-0.25, -0.2) is 8.78 Å². The van der Waals surface area contributed by atoms with Crippen molar-refractivity contribution in [3.63, 3.8) is 0 Å². The Labute approximate surface area is 495 Å². The number of nitrogens with one attached hydrogen (secondary N) is 6. The highest BCUT2D eigenvalue weighted by Gasteiger charge is 2.78. The monoisotopic (exact) mass is 1180 g/mol. The number of amides is 6. The second-order valence-electron chi connectivity index (χ2n) is 24.1. The Morgan fingerprint density at radius 1 is 0.800 bits per heavy atom. The van der Waals surface area contributed by atoms with Gasteiger partial charge >= 0.3 is 0 Å². The molecule has 0 spiro atoms. The lowest BCUT2D eigenvalue weighted by Crippen LogP contribution is -2.58. The molecule has 23 heteroatoms. The molecule has 4 heterocycles. The van der Waals surface area contributed by atoms with Gasteiger partial charge < -0.3 is 55.3 Å². The largest absolute Gasteiger partial charge is 0.379 e. The molecule has 21 nitrogen and oxygen atoms in total. The number of likely N-dealkylation sites (N-methyl/N-ethyl adjacent to an activating group) is 1. The van der Waals surface area contributed by atoms with Gasteiger partial charge in [-0.15, -0.1) is 0 Å². The normalized spacial score (nSPS) is 23.5. The Kier molecular flexibility index (Phi) is 20.1. The van der Waals surface area contributed by atoms with Crippen LogP contribution in [0.5, 0.6) is 0 Å². The molecule has 2 aromatic heterocycles. The minimum absolute atomic E-state index is 0.0212. The minimum atomic E-state index is -2.77. The molecular formula is C62H83F2N11O10. The van der Waals surface area contributed by atoms with Crippen molar-refractivity contribution in [2.45, 2.75) is 139 Å². The first-order chi connectivity index (χ1) is 41.1. The topological polar surface area (TPSA) is 252 Å². The van der Waals surface area contributed by atoms with E-state index in [9.17, 15) is 37.5 Å². The molecule has 10 rings (SSSR count). The number of halogens is 2. The molecule has 6 N–H and O–H groups in total. The van der Waals surface area contributed by atoms with Crippen LogP contribution in [0.25, 0.3) is 0 Å². The summed E-state index contributed by atoms with van der Waals surface area (Å²) in [5, 5.41) is 26.8. The molecule has 8 atom stereocenters. The molecule has 4 aromatic rings. The summed E-state index contributed by atoms with van der Waals surface area (Å²) in [7, 11) is 1.70. The van der Waals surface area contributed by atoms with Gasteiger partial charge in [0.05, 0.1) is 89.3 Å². The van der Waals surface area contributed by atoms with Crippen LogP contribution in [-0.2, 0) is 62.2 Å². The third-order valence-corrected chi connectivity index (χ3v) is 18.5. The van der Waals surface area contributed by atoms with Crippen molar-refractivity contribution < 1.29 is 56.5 Å². The maximum absolute atomic E-state index is 14.7. The number of alkyl halides is 2. The zero-order valence-electron chi connectivity index (χ0n) is 49.1. The lowest BCUT2D eigenvalue weighted by atomic mass is 9.83. The molecule has 6 amide bonds. The molecule has 460 valence electrons. The fourth-order valence-electron chi connectivity index (χ4n) is 13.3. The van der Waals surface area contributed by atoms with Gasteiger partial charge in [0.15, 0.2) is 5.69 Å². The van der Waals surface area contributed by atoms with E-state index in [0.29, 0.717) is 63.1 Å². The van der Waals surface area contributed by atoms with E-state index in [1.807, 2.05) is 48.5 Å². The lowest BCUT2D eigenvalue weighted by molar-refractivity contribution is -0.143. The van der Waals surface area contributed by atoms with E-state index >= 15 is 0 Å². The van der Waals surface area contributed by atoms with Crippen LogP contribution < -0.4 is 26.6 Å². The fraction of sp³-hybridized carbons (Fsp3) is 0.613. The molecule has 2 unspecified atom stereocenters. The molecule has 2 aromatic carbocycles. The predicted molar refractivity (Wildman–Crippen MR) is 309 cm³/mol. The van der Waals surface area contributed by atoms with Crippen LogP contribution in [0.2, 0.25) is 0 Å². The molecule has 2 saturated carbocycles. The van der Waals surface area contributed by atoms with Gasteiger partial charge in [0.25, 0.3) is 11.8 Å². The van der Waals surface area contributed by atoms with Crippen LogP contribution in [-0.4, -0.2) is 175 Å². The van der Waals surface area contributed by atoms with Gasteiger partial charge in [-0.05, 0) is 81.5 Å². The number of aryl methyl sites for hydroxylation is 1. The zero-order chi connectivity index (χ0) is 59.7. The average molecular weight is 1180 g/mol. The third kappa shape index (κ3) is 14.3. The van der Waals surface area contributed by atoms with Crippen molar-refractivity contribution in [2.24, 2.45) is 23.2 Å². The van der Waals surface area contributed by atoms with Crippen LogP contribution in [0.4, 0.5) is 14.5 Å². The molecule has 2 aliphatic heterocycles. The van der Waals surface area contributed by atoms with Crippen molar-refractivity contribution in [3.8, 4) is 0 Å². The van der Waals surface area contributed by atoms with E-state index in [0.717, 1.165) is 62.5 Å². The highest BCUT2D eigenvalue weighted by atomic mass is 19.3. The fourth-order valence-corrected chi connectivity index (χ4v) is 13.3. The first-order valence-electron chi connectivity index (χ1n) is 30.5. The smallest absolute Gasteiger partial charge is 0.276 e. The van der Waals surface area contributed by atoms with Gasteiger partial charge in [0, 0.05) is 73.2 Å². The maximum atomic E-state index is 14.7. The van der Waals surface area contributed by atoms with Crippen molar-refractivity contribution in [1.82, 2.24) is 51.0 Å². The number of carbonyl (C=O) groups excluding carboxylic acids is 6. The number of likely N-dealkylation sites (tertiary alicyclic amines) is 2. The number of aromatic nitrogens is 4. The van der Waals surface area contributed by atoms with Gasteiger partial charge in [0.2, 0.25) is 29.5 Å². The standard InChI is InChI=1S/C62H83F2N11O10/c1-39(65-3)57(78)70-54(41-14-6-4-7-15-41)60(81)74-37-44(31-50(74)58(79)69-48-20-12-18-40-13-10-11-19-46(40)48)67-52(76)21-23-82-25-27-84-29-30-85-28-26-83-24-22-53(77)73-35-43(36-73)56(42-16-8-5-9-17-42)75-38-45(34-66-75)68-59(80)55-47-32-51-61(2,62(51,63)64)33-49(47)71-72-55/h5,8-11,13,16-17,19,34,38-39,41,43-44,48,50-51,54,56,65H,4,6-7,12,14-15,18,20-33,35-37H2,1-3H3,(H,67,76)(H,68,80)(H,69,79)(H,70,78)(H,71,72)/t39-,44-,48+,50-,51?,54-,56+,61?/m0/s1. The van der Waals surface area contributed by atoms with Crippen molar-refractivity contribution in [2.75, 3.05) is 84.9 Å². The predicted octanol–water partition coefficient (Wildman–Crippen LogP) is 5.08. The van der Waals surface area contributed by atoms with Gasteiger partial charge in [-0.1, -0.05) is 80.8 Å². The number of rotatable bonds is 28. The van der Waals surface area contributed by atoms with E-state index in [1.54, 1.807) is 47.8 Å². The number of carbonyl (C=O) groups is 6. The van der Waals surface area contributed by atoms with E-state index in [4.69, 9.17) is 18.9 Å². The second-order valence-corrected chi connectivity index (χ2v) is 24.1. The summed E-state index contributed by atoms with van der Waals surface area (Å²) < 4.78 is 53.5. The number of hydrogen-bond acceptors (Lipinski definition) is 13. The summed E-state index contributed by atoms with van der Waals surface area (Å²) in [6.45, 7) is 6.75. The summed E-state index contributed by atoms with van der Waals surface area (Å²) in [5.74, 6) is -5.18. The molecule has 0 bridgehead atoms. The minimum Gasteiger partial charge on any atom is -0.379 e. The lowest BCUT2D eigenvalue weighted by Gasteiger charge is -2.43. The van der Waals surface area contributed by atoms with E-state index < -0.39 is 47.3 Å². The zero-order valence-corrected chi connectivity index (χ0v) is 49.1. The number of ether oxygens (including phenoxy) is 4. The number of anilines is 1. The van der Waals surface area contributed by atoms with Crippen LogP contribution in [0, 0.1) is 23.2 Å². The van der Waals surface area contributed by atoms with Crippen LogP contribution in [0.15, 0.2) is 67.0 Å². The van der Waals surface area contributed by atoms with E-state index in [2.05, 4.69) is 47.9 Å². The maximum Gasteiger partial charge on any atom is 0.276 e. The van der Waals surface area contributed by atoms with Crippen molar-refractivity contribution >= 4 is 41.1 Å². The Hall–Kier alpha value is -6.66. The van der Waals surface area contributed by atoms with Crippen LogP contribution >= 0.6 is 0 Å². The molecule has 4 fully saturated rings. The first-order valence-corrected chi connectivity index (χ1v) is 30.5. The molecule has 4 aliphatic carbocycles. The number of aromatic amines is 1. The third-order valence-electron chi connectivity index (χ3n) is 18.5. The van der Waals surface area contributed by atoms with E-state index in [-0.39, 0.29) is 118 Å². The Morgan fingerprint density at radius 3 is 2.20 bits per heavy atom. The number of benzene rings is 2. The van der Waals surface area contributed by atoms with Crippen LogP contribution in [0.3, 0.4) is 0 Å². The number of nitrogens with zero attached hydrogens (tertiary/aromatic N) is 5. The second kappa shape index (κ2) is 27.8. The average Bonchev–Trinajstić information content (AvgIpc) is 1.55. The molecule has 2 saturated heterocycles. The molecule has 6 aliphatic rings. The van der Waals surface area contributed by atoms with Gasteiger partial charge in [0.1, 0.15) is 12.1 Å². The van der Waals surface area contributed by atoms with Crippen molar-refractivity contribution in [1.29, 1.82) is 0 Å². The molecule has 0 radical (unpaired) electrons. The van der Waals surface area contributed by atoms with Crippen molar-refractivity contribution in [3.05, 3.63) is 101 Å². The van der Waals surface area contributed by atoms with E-state index in [1.165, 1.54) is 5.56 Å². The molecular weight excluding hydrogens is 1100 g/mol. The Bertz CT molecular complexity index is 2970. The SMILES string of the molecule is CN[C@@H](C)C(=O)N[C@H](C(=O)N1C[C@@H](NC(=O)CCOCCOCCOCCOCCC(=O)N2CC([C@@H](c3ccccc3)n3cc(NC(=O)c4n[nH]c5c4CC4C(F)(F)C4(C)C5)cn3)C2)C[C@H]1C(=O)N[C@@H]1CCCc2ccccc21)C1CCCCC1. The Balaban J connectivity index is 0.591. The summed E-state index contributed by atoms with van der Waals surface area (Å²) in [5.41, 5.74) is 3.88. The quantitative estimate of drug-likeness (QED) is 0.0407. The number of H-pyrrole nitrogens is 1. The summed E-state index contributed by atoms with van der Waals surface area (Å²) >= 11 is 0. The number of hydrogen-bond donors (Lipinski definition) is 6. The van der Waals surface area contributed by atoms with Gasteiger partial charge in [-0.3, -0.25) is 38.5 Å². The Morgan fingerprint density at radius 2 is 1.48 bits per heavy atom. The molecule has 85 heavy (non-hydrogen) atoms. The summed E-state index contributed by atoms with van der Waals surface area (Å²) in [6.07, 6.45) is 11.4. The summed E-state index contributed by atoms with van der Waals surface area (Å²) in [4.78, 5) is 85.4. The number of fused-ring (bicyclic) bond motifs is 3.